The number of ether oxygens (including phenoxy) is 1. The molecule has 0 saturated carbocycles. The average Bonchev–Trinajstić information content (AvgIpc) is 2.90. The topological polar surface area (TPSA) is 29.5 Å². The number of piperidine rings is 1. The fraction of sp³-hybridized carbons (Fsp3) is 0.583. The molecule has 0 atom stereocenters. The quantitative estimate of drug-likeness (QED) is 0.799. The van der Waals surface area contributed by atoms with Crippen LogP contribution in [0.2, 0.25) is 0 Å². The largest absolute Gasteiger partial charge is 0.377 e. The highest BCUT2D eigenvalue weighted by atomic mass is 79.9. The predicted octanol–water partition coefficient (Wildman–Crippen LogP) is 2.76. The van der Waals surface area contributed by atoms with Crippen molar-refractivity contribution < 1.29 is 9.53 Å². The van der Waals surface area contributed by atoms with E-state index in [0.717, 1.165) is 43.4 Å². The highest BCUT2D eigenvalue weighted by molar-refractivity contribution is 9.09. The Morgan fingerprint density at radius 2 is 2.29 bits per heavy atom. The van der Waals surface area contributed by atoms with Gasteiger partial charge in [0.1, 0.15) is 0 Å². The molecule has 0 aliphatic carbocycles. The van der Waals surface area contributed by atoms with E-state index in [1.54, 1.807) is 11.3 Å². The number of alkyl halides is 1. The lowest BCUT2D eigenvalue weighted by atomic mass is 10.1. The summed E-state index contributed by atoms with van der Waals surface area (Å²) in [5, 5.41) is 4.73. The summed E-state index contributed by atoms with van der Waals surface area (Å²) in [7, 11) is 0. The number of likely N-dealkylation sites (tertiary alicyclic amines) is 1. The van der Waals surface area contributed by atoms with Crippen LogP contribution in [0.25, 0.3) is 0 Å². The summed E-state index contributed by atoms with van der Waals surface area (Å²) in [5.74, 6) is 0.158. The summed E-state index contributed by atoms with van der Waals surface area (Å²) in [4.78, 5) is 14.0. The van der Waals surface area contributed by atoms with Crippen molar-refractivity contribution in [2.75, 3.05) is 25.0 Å². The Kier molecular flexibility index (Phi) is 5.00. The number of halogens is 1. The molecule has 0 bridgehead atoms. The van der Waals surface area contributed by atoms with Crippen LogP contribution in [0.3, 0.4) is 0 Å². The molecular weight excluding hydrogens is 302 g/mol. The third-order valence-electron chi connectivity index (χ3n) is 2.93. The third-order valence-corrected chi connectivity index (χ3v) is 3.94. The fourth-order valence-electron chi connectivity index (χ4n) is 2.01. The minimum absolute atomic E-state index is 0.158. The summed E-state index contributed by atoms with van der Waals surface area (Å²) < 4.78 is 5.67. The third kappa shape index (κ3) is 3.53. The molecule has 1 fully saturated rings. The number of thiophene rings is 1. The van der Waals surface area contributed by atoms with Crippen LogP contribution in [0, 0.1) is 0 Å². The molecule has 17 heavy (non-hydrogen) atoms. The maximum absolute atomic E-state index is 12.1. The van der Waals surface area contributed by atoms with E-state index < -0.39 is 0 Å². The summed E-state index contributed by atoms with van der Waals surface area (Å²) >= 11 is 4.92. The number of rotatable bonds is 4. The van der Waals surface area contributed by atoms with Crippen molar-refractivity contribution in [2.24, 2.45) is 0 Å². The molecule has 0 N–H and O–H groups in total. The van der Waals surface area contributed by atoms with E-state index in [-0.39, 0.29) is 5.91 Å². The Hall–Kier alpha value is -0.390. The Labute approximate surface area is 114 Å². The zero-order valence-electron chi connectivity index (χ0n) is 9.60. The van der Waals surface area contributed by atoms with Gasteiger partial charge in [-0.3, -0.25) is 4.79 Å². The molecule has 2 heterocycles. The van der Waals surface area contributed by atoms with Crippen LogP contribution in [-0.2, 0) is 4.74 Å². The van der Waals surface area contributed by atoms with Gasteiger partial charge >= 0.3 is 0 Å². The molecule has 0 unspecified atom stereocenters. The second-order valence-electron chi connectivity index (χ2n) is 4.06. The van der Waals surface area contributed by atoms with Crippen molar-refractivity contribution in [1.82, 2.24) is 4.90 Å². The predicted molar refractivity (Wildman–Crippen MR) is 73.0 cm³/mol. The Bertz CT molecular complexity index is 347. The molecule has 0 spiro atoms. The van der Waals surface area contributed by atoms with Gasteiger partial charge < -0.3 is 9.64 Å². The van der Waals surface area contributed by atoms with Gasteiger partial charge in [-0.05, 0) is 24.3 Å². The Balaban J connectivity index is 1.81. The highest BCUT2D eigenvalue weighted by Gasteiger charge is 2.23. The summed E-state index contributed by atoms with van der Waals surface area (Å²) in [5.41, 5.74) is 0.815. The molecule has 94 valence electrons. The average molecular weight is 318 g/mol. The first-order valence-corrected chi connectivity index (χ1v) is 7.86. The van der Waals surface area contributed by atoms with Crippen LogP contribution >= 0.6 is 27.3 Å². The van der Waals surface area contributed by atoms with E-state index in [9.17, 15) is 4.79 Å². The molecule has 0 aromatic carbocycles. The fourth-order valence-corrected chi connectivity index (χ4v) is 2.82. The van der Waals surface area contributed by atoms with Crippen LogP contribution in [0.15, 0.2) is 16.8 Å². The standard InChI is InChI=1S/C12H16BrNO2S/c13-4-7-16-11-1-5-14(6-2-11)12(15)10-3-8-17-9-10/h3,8-9,11H,1-2,4-7H2. The van der Waals surface area contributed by atoms with Gasteiger partial charge in [-0.1, -0.05) is 15.9 Å². The summed E-state index contributed by atoms with van der Waals surface area (Å²) in [6.07, 6.45) is 2.21. The number of nitrogens with zero attached hydrogens (tertiary/aromatic N) is 1. The first-order valence-electron chi connectivity index (χ1n) is 5.80. The maximum atomic E-state index is 12.1. The minimum atomic E-state index is 0.158. The van der Waals surface area contributed by atoms with E-state index in [1.807, 2.05) is 21.7 Å². The molecule has 1 saturated heterocycles. The van der Waals surface area contributed by atoms with Gasteiger partial charge in [0.2, 0.25) is 0 Å². The zero-order valence-corrected chi connectivity index (χ0v) is 12.0. The van der Waals surface area contributed by atoms with Gasteiger partial charge in [0, 0.05) is 23.8 Å². The van der Waals surface area contributed by atoms with Crippen LogP contribution in [0.4, 0.5) is 0 Å². The van der Waals surface area contributed by atoms with E-state index in [0.29, 0.717) is 6.10 Å². The first-order chi connectivity index (χ1) is 8.31. The lowest BCUT2D eigenvalue weighted by molar-refractivity contribution is 0.0160. The Morgan fingerprint density at radius 1 is 1.53 bits per heavy atom. The van der Waals surface area contributed by atoms with Gasteiger partial charge in [0.05, 0.1) is 18.3 Å². The van der Waals surface area contributed by atoms with Gasteiger partial charge in [0.15, 0.2) is 0 Å². The van der Waals surface area contributed by atoms with Gasteiger partial charge in [-0.2, -0.15) is 11.3 Å². The smallest absolute Gasteiger partial charge is 0.254 e. The summed E-state index contributed by atoms with van der Waals surface area (Å²) in [6, 6.07) is 1.89. The molecule has 1 amide bonds. The zero-order chi connectivity index (χ0) is 12.1. The van der Waals surface area contributed by atoms with Gasteiger partial charge in [0.25, 0.3) is 5.91 Å². The maximum Gasteiger partial charge on any atom is 0.254 e. The number of hydrogen-bond acceptors (Lipinski definition) is 3. The second-order valence-corrected chi connectivity index (χ2v) is 5.64. The van der Waals surface area contributed by atoms with Crippen molar-refractivity contribution >= 4 is 33.2 Å². The van der Waals surface area contributed by atoms with E-state index in [2.05, 4.69) is 15.9 Å². The van der Waals surface area contributed by atoms with Crippen molar-refractivity contribution in [3.63, 3.8) is 0 Å². The Morgan fingerprint density at radius 3 is 2.88 bits per heavy atom. The molecule has 2 rings (SSSR count). The first kappa shape index (κ1) is 13.1. The van der Waals surface area contributed by atoms with Crippen LogP contribution in [0.5, 0.6) is 0 Å². The van der Waals surface area contributed by atoms with Crippen molar-refractivity contribution in [1.29, 1.82) is 0 Å². The molecule has 0 radical (unpaired) electrons. The minimum Gasteiger partial charge on any atom is -0.377 e. The molecule has 1 aliphatic rings. The van der Waals surface area contributed by atoms with Gasteiger partial charge in [-0.25, -0.2) is 0 Å². The van der Waals surface area contributed by atoms with Crippen molar-refractivity contribution in [2.45, 2.75) is 18.9 Å². The number of carbonyl (C=O) groups is 1. The number of hydrogen-bond donors (Lipinski definition) is 0. The number of amides is 1. The van der Waals surface area contributed by atoms with Crippen molar-refractivity contribution in [3.05, 3.63) is 22.4 Å². The molecular formula is C12H16BrNO2S. The van der Waals surface area contributed by atoms with E-state index in [1.165, 1.54) is 0 Å². The molecule has 3 nitrogen and oxygen atoms in total. The number of carbonyl (C=O) groups excluding carboxylic acids is 1. The molecule has 1 aliphatic heterocycles. The van der Waals surface area contributed by atoms with Crippen molar-refractivity contribution in [3.8, 4) is 0 Å². The van der Waals surface area contributed by atoms with E-state index in [4.69, 9.17) is 4.74 Å². The highest BCUT2D eigenvalue weighted by Crippen LogP contribution is 2.17. The lowest BCUT2D eigenvalue weighted by Gasteiger charge is -2.31. The van der Waals surface area contributed by atoms with Crippen LogP contribution in [-0.4, -0.2) is 41.9 Å². The normalized spacial score (nSPS) is 17.4. The van der Waals surface area contributed by atoms with Gasteiger partial charge in [-0.15, -0.1) is 0 Å². The molecule has 1 aromatic heterocycles. The lowest BCUT2D eigenvalue weighted by Crippen LogP contribution is -2.40. The SMILES string of the molecule is O=C(c1ccsc1)N1CCC(OCCBr)CC1. The van der Waals surface area contributed by atoms with E-state index >= 15 is 0 Å². The van der Waals surface area contributed by atoms with Crippen LogP contribution in [0.1, 0.15) is 23.2 Å². The molecule has 5 heteroatoms. The second kappa shape index (κ2) is 6.52. The van der Waals surface area contributed by atoms with Crippen LogP contribution < -0.4 is 0 Å². The summed E-state index contributed by atoms with van der Waals surface area (Å²) in [6.45, 7) is 2.37. The molecule has 1 aromatic rings. The monoisotopic (exact) mass is 317 g/mol.